The molecule has 1 atom stereocenters. The van der Waals surface area contributed by atoms with Gasteiger partial charge in [-0.1, -0.05) is 17.3 Å². The van der Waals surface area contributed by atoms with E-state index in [1.807, 2.05) is 17.9 Å². The molecule has 1 aliphatic heterocycles. The van der Waals surface area contributed by atoms with Crippen molar-refractivity contribution in [1.82, 2.24) is 20.0 Å². The van der Waals surface area contributed by atoms with Crippen molar-refractivity contribution in [3.63, 3.8) is 0 Å². The van der Waals surface area contributed by atoms with Crippen molar-refractivity contribution in [2.75, 3.05) is 6.54 Å². The van der Waals surface area contributed by atoms with Crippen molar-refractivity contribution in [1.29, 1.82) is 0 Å². The monoisotopic (exact) mass is 408 g/mol. The van der Waals surface area contributed by atoms with Crippen LogP contribution in [0.2, 0.25) is 0 Å². The summed E-state index contributed by atoms with van der Waals surface area (Å²) in [6.45, 7) is 4.46. The Bertz CT molecular complexity index is 1030. The minimum absolute atomic E-state index is 0.0196. The summed E-state index contributed by atoms with van der Waals surface area (Å²) in [5, 5.41) is 3.77. The van der Waals surface area contributed by atoms with Crippen molar-refractivity contribution in [3.8, 4) is 0 Å². The van der Waals surface area contributed by atoms with Gasteiger partial charge < -0.3 is 9.42 Å². The van der Waals surface area contributed by atoms with Gasteiger partial charge in [-0.3, -0.25) is 9.78 Å². The number of hydrogen-bond acceptors (Lipinski definition) is 5. The number of rotatable bonds is 6. The number of likely N-dealkylation sites (tertiary alicyclic amines) is 1. The average Bonchev–Trinajstić information content (AvgIpc) is 3.36. The third-order valence-corrected chi connectivity index (χ3v) is 5.39. The van der Waals surface area contributed by atoms with Crippen LogP contribution >= 0.6 is 0 Å². The molecule has 30 heavy (non-hydrogen) atoms. The van der Waals surface area contributed by atoms with E-state index in [1.54, 1.807) is 19.1 Å². The summed E-state index contributed by atoms with van der Waals surface area (Å²) >= 11 is 0. The largest absolute Gasteiger partial charge is 0.339 e. The summed E-state index contributed by atoms with van der Waals surface area (Å²) in [7, 11) is 0. The molecule has 7 heteroatoms. The zero-order valence-electron chi connectivity index (χ0n) is 17.3. The number of aryl methyl sites for hydroxylation is 3. The summed E-state index contributed by atoms with van der Waals surface area (Å²) in [5.74, 6) is 0.916. The van der Waals surface area contributed by atoms with Crippen LogP contribution in [-0.2, 0) is 17.6 Å². The fourth-order valence-corrected chi connectivity index (χ4v) is 4.05. The molecule has 0 spiro atoms. The first-order chi connectivity index (χ1) is 14.5. The van der Waals surface area contributed by atoms with Gasteiger partial charge in [0.2, 0.25) is 11.8 Å². The van der Waals surface area contributed by atoms with E-state index in [1.165, 1.54) is 12.1 Å². The molecule has 156 valence electrons. The topological polar surface area (TPSA) is 72.1 Å². The van der Waals surface area contributed by atoms with Crippen molar-refractivity contribution >= 4 is 5.91 Å². The van der Waals surface area contributed by atoms with Gasteiger partial charge in [-0.2, -0.15) is 4.98 Å². The smallest absolute Gasteiger partial charge is 0.227 e. The molecule has 6 nitrogen and oxygen atoms in total. The Labute approximate surface area is 175 Å². The van der Waals surface area contributed by atoms with Crippen LogP contribution < -0.4 is 0 Å². The molecule has 1 aliphatic rings. The van der Waals surface area contributed by atoms with Gasteiger partial charge in [-0.05, 0) is 68.5 Å². The molecule has 4 rings (SSSR count). The number of hydrogen-bond donors (Lipinski definition) is 0. The van der Waals surface area contributed by atoms with Crippen LogP contribution in [-0.4, -0.2) is 32.5 Å². The lowest BCUT2D eigenvalue weighted by atomic mass is 10.0. The lowest BCUT2D eigenvalue weighted by molar-refractivity contribution is -0.132. The van der Waals surface area contributed by atoms with Gasteiger partial charge in [-0.25, -0.2) is 4.39 Å². The Balaban J connectivity index is 1.48. The second-order valence-corrected chi connectivity index (χ2v) is 7.83. The zero-order chi connectivity index (χ0) is 21.1. The highest BCUT2D eigenvalue weighted by atomic mass is 19.1. The van der Waals surface area contributed by atoms with E-state index in [0.29, 0.717) is 31.0 Å². The quantitative estimate of drug-likeness (QED) is 0.614. The SMILES string of the molecule is Cc1cc(Cc2ccc(F)cc2)cc(C2CCCN2C(=O)CCc2nc(C)no2)n1. The Morgan fingerprint density at radius 3 is 2.70 bits per heavy atom. The highest BCUT2D eigenvalue weighted by molar-refractivity contribution is 5.77. The number of aromatic nitrogens is 3. The fourth-order valence-electron chi connectivity index (χ4n) is 4.05. The minimum atomic E-state index is -0.235. The number of benzene rings is 1. The molecule has 1 unspecified atom stereocenters. The predicted octanol–water partition coefficient (Wildman–Crippen LogP) is 4.11. The minimum Gasteiger partial charge on any atom is -0.339 e. The normalized spacial score (nSPS) is 16.2. The first kappa shape index (κ1) is 20.2. The van der Waals surface area contributed by atoms with Gasteiger partial charge in [0, 0.05) is 25.1 Å². The van der Waals surface area contributed by atoms with Crippen molar-refractivity contribution in [2.24, 2.45) is 0 Å². The molecular weight excluding hydrogens is 383 g/mol. The van der Waals surface area contributed by atoms with Gasteiger partial charge >= 0.3 is 0 Å². The first-order valence-corrected chi connectivity index (χ1v) is 10.3. The second-order valence-electron chi connectivity index (χ2n) is 7.83. The fraction of sp³-hybridized carbons (Fsp3) is 0.391. The molecule has 3 aromatic rings. The summed E-state index contributed by atoms with van der Waals surface area (Å²) in [6.07, 6.45) is 3.34. The van der Waals surface area contributed by atoms with Crippen LogP contribution in [0, 0.1) is 19.7 Å². The third kappa shape index (κ3) is 4.72. The second kappa shape index (κ2) is 8.73. The van der Waals surface area contributed by atoms with Crippen LogP contribution in [0.1, 0.15) is 59.5 Å². The Morgan fingerprint density at radius 1 is 1.17 bits per heavy atom. The van der Waals surface area contributed by atoms with Crippen molar-refractivity contribution < 1.29 is 13.7 Å². The van der Waals surface area contributed by atoms with Crippen molar-refractivity contribution in [3.05, 3.63) is 76.4 Å². The van der Waals surface area contributed by atoms with E-state index in [-0.39, 0.29) is 17.8 Å². The summed E-state index contributed by atoms with van der Waals surface area (Å²) < 4.78 is 18.3. The number of pyridine rings is 1. The maximum Gasteiger partial charge on any atom is 0.227 e. The van der Waals surface area contributed by atoms with Gasteiger partial charge in [0.1, 0.15) is 5.82 Å². The lowest BCUT2D eigenvalue weighted by Gasteiger charge is -2.25. The molecule has 0 aliphatic carbocycles. The van der Waals surface area contributed by atoms with Crippen LogP contribution in [0.4, 0.5) is 4.39 Å². The van der Waals surface area contributed by atoms with Crippen LogP contribution in [0.15, 0.2) is 40.9 Å². The number of halogens is 1. The molecule has 0 saturated carbocycles. The Kier molecular flexibility index (Phi) is 5.88. The summed E-state index contributed by atoms with van der Waals surface area (Å²) in [5.41, 5.74) is 4.00. The highest BCUT2D eigenvalue weighted by Crippen LogP contribution is 2.32. The van der Waals surface area contributed by atoms with Gasteiger partial charge in [0.05, 0.1) is 11.7 Å². The summed E-state index contributed by atoms with van der Waals surface area (Å²) in [4.78, 5) is 23.7. The maximum atomic E-state index is 13.2. The average molecular weight is 408 g/mol. The van der Waals surface area contributed by atoms with E-state index in [2.05, 4.69) is 16.2 Å². The molecule has 0 radical (unpaired) electrons. The van der Waals surface area contributed by atoms with E-state index in [9.17, 15) is 9.18 Å². The molecule has 2 aromatic heterocycles. The van der Waals surface area contributed by atoms with Crippen LogP contribution in [0.3, 0.4) is 0 Å². The van der Waals surface area contributed by atoms with E-state index >= 15 is 0 Å². The van der Waals surface area contributed by atoms with E-state index in [0.717, 1.165) is 41.9 Å². The number of amides is 1. The Morgan fingerprint density at radius 2 is 1.97 bits per heavy atom. The van der Waals surface area contributed by atoms with Gasteiger partial charge in [-0.15, -0.1) is 0 Å². The van der Waals surface area contributed by atoms with Crippen LogP contribution in [0.5, 0.6) is 0 Å². The molecule has 1 fully saturated rings. The number of carbonyl (C=O) groups excluding carboxylic acids is 1. The molecule has 0 N–H and O–H groups in total. The van der Waals surface area contributed by atoms with E-state index < -0.39 is 0 Å². The lowest BCUT2D eigenvalue weighted by Crippen LogP contribution is -2.31. The van der Waals surface area contributed by atoms with Crippen molar-refractivity contribution in [2.45, 2.75) is 52.0 Å². The molecule has 1 amide bonds. The summed E-state index contributed by atoms with van der Waals surface area (Å²) in [6, 6.07) is 10.7. The number of nitrogens with zero attached hydrogens (tertiary/aromatic N) is 4. The number of carbonyl (C=O) groups is 1. The van der Waals surface area contributed by atoms with E-state index in [4.69, 9.17) is 9.51 Å². The van der Waals surface area contributed by atoms with Crippen LogP contribution in [0.25, 0.3) is 0 Å². The highest BCUT2D eigenvalue weighted by Gasteiger charge is 2.31. The standard InChI is InChI=1S/C23H25FN4O2/c1-15-12-18(13-17-5-7-19(24)8-6-17)14-20(25-15)21-4-3-11-28(21)23(29)10-9-22-26-16(2)27-30-22/h5-8,12,14,21H,3-4,9-11,13H2,1-2H3. The van der Waals surface area contributed by atoms with Gasteiger partial charge in [0.25, 0.3) is 0 Å². The Hall–Kier alpha value is -3.09. The molecule has 1 saturated heterocycles. The predicted molar refractivity (Wildman–Crippen MR) is 109 cm³/mol. The molecule has 0 bridgehead atoms. The molecular formula is C23H25FN4O2. The maximum absolute atomic E-state index is 13.2. The third-order valence-electron chi connectivity index (χ3n) is 5.39. The van der Waals surface area contributed by atoms with Gasteiger partial charge in [0.15, 0.2) is 5.82 Å². The molecule has 1 aromatic carbocycles. The zero-order valence-corrected chi connectivity index (χ0v) is 17.3. The first-order valence-electron chi connectivity index (χ1n) is 10.3. The molecule has 3 heterocycles.